The summed E-state index contributed by atoms with van der Waals surface area (Å²) in [6, 6.07) is 22.3. The van der Waals surface area contributed by atoms with E-state index in [1.54, 1.807) is 7.05 Å². The second-order valence-corrected chi connectivity index (χ2v) is 18.4. The van der Waals surface area contributed by atoms with Crippen LogP contribution < -0.4 is 18.1 Å². The Labute approximate surface area is 306 Å². The van der Waals surface area contributed by atoms with Gasteiger partial charge < -0.3 is 23.4 Å². The summed E-state index contributed by atoms with van der Waals surface area (Å²) in [5.74, 6) is 3.17. The molecule has 2 unspecified atom stereocenters. The summed E-state index contributed by atoms with van der Waals surface area (Å²) in [4.78, 5) is 0. The van der Waals surface area contributed by atoms with Gasteiger partial charge in [-0.1, -0.05) is 126 Å². The van der Waals surface area contributed by atoms with Crippen LogP contribution >= 0.6 is 18.1 Å². The van der Waals surface area contributed by atoms with Crippen LogP contribution in [0.15, 0.2) is 66.7 Å². The largest absolute Gasteiger partial charge is 0.687 e. The van der Waals surface area contributed by atoms with Crippen molar-refractivity contribution in [3.8, 4) is 34.1 Å². The first-order valence-corrected chi connectivity index (χ1v) is 19.1. The molecule has 0 aliphatic heterocycles. The van der Waals surface area contributed by atoms with Crippen LogP contribution in [0, 0.1) is 13.8 Å². The second kappa shape index (κ2) is 15.1. The van der Waals surface area contributed by atoms with Crippen molar-refractivity contribution in [3.05, 3.63) is 105 Å². The lowest BCUT2D eigenvalue weighted by Crippen LogP contribution is -2.22. The fourth-order valence-corrected chi connectivity index (χ4v) is 7.51. The molecule has 0 fully saturated rings. The Balaban J connectivity index is 2.07. The summed E-state index contributed by atoms with van der Waals surface area (Å²) in [5.41, 5.74) is 9.48. The highest BCUT2D eigenvalue weighted by molar-refractivity contribution is 7.27. The molecule has 4 rings (SSSR count). The van der Waals surface area contributed by atoms with E-state index in [0.717, 1.165) is 50.9 Å². The van der Waals surface area contributed by atoms with Crippen molar-refractivity contribution in [1.82, 2.24) is 0 Å². The number of para-hydroxylation sites is 1. The first kappa shape index (κ1) is 39.5. The SMILES string of the molecule is C[N-]c1ccc(OPOc2c(C(C)(C)C)cc(C(C)(C)C)c(C)c2-c2c(C)c(C(C)(C)C)cc(C(C)(C)C)c2OPOc2ccccc2)cc1. The fourth-order valence-electron chi connectivity index (χ4n) is 6.37. The lowest BCUT2D eigenvalue weighted by Gasteiger charge is -2.35. The van der Waals surface area contributed by atoms with Crippen molar-refractivity contribution >= 4 is 23.8 Å². The fraction of sp³-hybridized carbons (Fsp3) is 0.442. The molecule has 0 saturated heterocycles. The van der Waals surface area contributed by atoms with Crippen molar-refractivity contribution in [2.24, 2.45) is 0 Å². The zero-order chi connectivity index (χ0) is 37.2. The minimum absolute atomic E-state index is 0.120. The normalized spacial score (nSPS) is 12.9. The lowest BCUT2D eigenvalue weighted by molar-refractivity contribution is 0.484. The Kier molecular flexibility index (Phi) is 12.0. The number of benzene rings is 4. The van der Waals surface area contributed by atoms with Crippen LogP contribution in [-0.4, -0.2) is 7.05 Å². The van der Waals surface area contributed by atoms with E-state index in [0.29, 0.717) is 0 Å². The van der Waals surface area contributed by atoms with E-state index in [-0.39, 0.29) is 39.7 Å². The molecule has 0 aromatic heterocycles. The maximum Gasteiger partial charge on any atom is 0.275 e. The van der Waals surface area contributed by atoms with Crippen molar-refractivity contribution < 1.29 is 18.1 Å². The molecule has 0 aliphatic carbocycles. The molecule has 0 spiro atoms. The van der Waals surface area contributed by atoms with Crippen LogP contribution in [0.3, 0.4) is 0 Å². The molecule has 0 bridgehead atoms. The number of nitrogens with zero attached hydrogens (tertiary/aromatic N) is 1. The van der Waals surface area contributed by atoms with E-state index in [1.165, 1.54) is 22.3 Å². The Morgan fingerprint density at radius 3 is 1.16 bits per heavy atom. The third kappa shape index (κ3) is 9.15. The summed E-state index contributed by atoms with van der Waals surface area (Å²) in [6.45, 7) is 31.7. The number of hydrogen-bond donors (Lipinski definition) is 0. The van der Waals surface area contributed by atoms with Gasteiger partial charge in [0.2, 0.25) is 0 Å². The molecule has 5 nitrogen and oxygen atoms in total. The Hall–Kier alpha value is -3.26. The maximum absolute atomic E-state index is 6.89. The van der Waals surface area contributed by atoms with Gasteiger partial charge in [0, 0.05) is 22.3 Å². The molecule has 4 aromatic carbocycles. The molecule has 0 N–H and O–H groups in total. The van der Waals surface area contributed by atoms with E-state index >= 15 is 0 Å². The molecular weight excluding hydrogens is 656 g/mol. The summed E-state index contributed by atoms with van der Waals surface area (Å²) in [7, 11) is 1.28. The molecule has 50 heavy (non-hydrogen) atoms. The smallest absolute Gasteiger partial charge is 0.275 e. The van der Waals surface area contributed by atoms with Crippen LogP contribution in [0.2, 0.25) is 0 Å². The van der Waals surface area contributed by atoms with Crippen LogP contribution in [0.1, 0.15) is 116 Å². The van der Waals surface area contributed by atoms with Crippen molar-refractivity contribution in [2.45, 2.75) is 119 Å². The molecule has 4 aromatic rings. The van der Waals surface area contributed by atoms with Gasteiger partial charge in [-0.25, -0.2) is 0 Å². The summed E-state index contributed by atoms with van der Waals surface area (Å²) in [5, 5.41) is 4.26. The van der Waals surface area contributed by atoms with Gasteiger partial charge in [0.25, 0.3) is 18.1 Å². The third-order valence-corrected chi connectivity index (χ3v) is 10.2. The zero-order valence-corrected chi connectivity index (χ0v) is 34.9. The lowest BCUT2D eigenvalue weighted by atomic mass is 9.72. The summed E-state index contributed by atoms with van der Waals surface area (Å²) >= 11 is 0. The Morgan fingerprint density at radius 2 is 0.820 bits per heavy atom. The number of rotatable bonds is 10. The van der Waals surface area contributed by atoms with Gasteiger partial charge in [-0.2, -0.15) is 0 Å². The quantitative estimate of drug-likeness (QED) is 0.153. The predicted molar refractivity (Wildman–Crippen MR) is 217 cm³/mol. The highest BCUT2D eigenvalue weighted by Crippen LogP contribution is 2.54. The van der Waals surface area contributed by atoms with Crippen molar-refractivity contribution in [2.75, 3.05) is 7.05 Å². The molecule has 0 radical (unpaired) electrons. The highest BCUT2D eigenvalue weighted by atomic mass is 31.1. The Morgan fingerprint density at radius 1 is 0.460 bits per heavy atom. The molecule has 0 amide bonds. The first-order chi connectivity index (χ1) is 23.1. The minimum atomic E-state index is -0.265. The molecule has 0 heterocycles. The molecule has 7 heteroatoms. The third-order valence-electron chi connectivity index (χ3n) is 9.01. The van der Waals surface area contributed by atoms with E-state index in [2.05, 4.69) is 114 Å². The second-order valence-electron chi connectivity index (χ2n) is 17.2. The molecule has 0 saturated carbocycles. The van der Waals surface area contributed by atoms with Gasteiger partial charge >= 0.3 is 0 Å². The average Bonchev–Trinajstić information content (AvgIpc) is 3.00. The van der Waals surface area contributed by atoms with Gasteiger partial charge in [0.1, 0.15) is 23.0 Å². The monoisotopic (exact) mass is 714 g/mol. The van der Waals surface area contributed by atoms with Crippen molar-refractivity contribution in [1.29, 1.82) is 0 Å². The van der Waals surface area contributed by atoms with Gasteiger partial charge in [-0.05, 0) is 82.0 Å². The van der Waals surface area contributed by atoms with Gasteiger partial charge in [0.05, 0.1) is 0 Å². The molecule has 0 aliphatic rings. The van der Waals surface area contributed by atoms with E-state index in [9.17, 15) is 0 Å². The summed E-state index contributed by atoms with van der Waals surface area (Å²) < 4.78 is 26.2. The Bertz CT molecular complexity index is 1770. The van der Waals surface area contributed by atoms with E-state index in [4.69, 9.17) is 18.1 Å². The van der Waals surface area contributed by atoms with E-state index in [1.807, 2.05) is 54.6 Å². The predicted octanol–water partition coefficient (Wildman–Crippen LogP) is 13.7. The standard InChI is InChI=1S/C43H58NO4P2/c1-27-32(40(3,4)5)25-34(42(9,10)11)38(47-49-45-30-19-17-16-18-20-30)36(27)37-28(2)33(41(6,7)8)26-35(43(12,13)14)39(37)48-50-46-31-23-21-29(44-15)22-24-31/h16-26,49-50H,1-15H3/q-1. The first-order valence-electron chi connectivity index (χ1n) is 17.4. The van der Waals surface area contributed by atoms with Crippen LogP contribution in [0.5, 0.6) is 23.0 Å². The maximum atomic E-state index is 6.89. The molecular formula is C43H58NO4P2-. The highest BCUT2D eigenvalue weighted by Gasteiger charge is 2.35. The number of hydrogen-bond acceptors (Lipinski definition) is 4. The molecule has 2 atom stereocenters. The van der Waals surface area contributed by atoms with Crippen LogP contribution in [-0.2, 0) is 21.7 Å². The zero-order valence-electron chi connectivity index (χ0n) is 32.9. The van der Waals surface area contributed by atoms with Crippen LogP contribution in [0.4, 0.5) is 5.69 Å². The van der Waals surface area contributed by atoms with Gasteiger partial charge in [-0.15, -0.1) is 12.7 Å². The average molecular weight is 715 g/mol. The topological polar surface area (TPSA) is 51.0 Å². The molecule has 270 valence electrons. The van der Waals surface area contributed by atoms with Gasteiger partial charge in [-0.3, -0.25) is 0 Å². The minimum Gasteiger partial charge on any atom is -0.687 e. The summed E-state index contributed by atoms with van der Waals surface area (Å²) in [6.07, 6.45) is 0. The van der Waals surface area contributed by atoms with E-state index < -0.39 is 0 Å². The van der Waals surface area contributed by atoms with Gasteiger partial charge in [0.15, 0.2) is 0 Å². The van der Waals surface area contributed by atoms with Crippen molar-refractivity contribution in [3.63, 3.8) is 0 Å². The van der Waals surface area contributed by atoms with Crippen LogP contribution in [0.25, 0.3) is 16.4 Å².